The van der Waals surface area contributed by atoms with E-state index >= 15 is 0 Å². The summed E-state index contributed by atoms with van der Waals surface area (Å²) < 4.78 is 2.32. The molecule has 4 aromatic rings. The van der Waals surface area contributed by atoms with Crippen LogP contribution in [0.15, 0.2) is 72.8 Å². The van der Waals surface area contributed by atoms with Gasteiger partial charge in [0.2, 0.25) is 5.91 Å². The summed E-state index contributed by atoms with van der Waals surface area (Å²) in [5.74, 6) is 1.46. The second-order valence-electron chi connectivity index (χ2n) is 9.54. The number of fused-ring (bicyclic) bond motifs is 1. The van der Waals surface area contributed by atoms with Crippen molar-refractivity contribution in [1.29, 1.82) is 5.26 Å². The van der Waals surface area contributed by atoms with Gasteiger partial charge < -0.3 is 14.8 Å². The van der Waals surface area contributed by atoms with E-state index in [1.807, 2.05) is 42.5 Å². The molecule has 0 bridgehead atoms. The number of imidazole rings is 1. The SMILES string of the molecule is CC(=O)Nc1cccc(C2CCN(CCCn3c(-c4ccc(C#N)cc4)nc4ccccc43)CC2)c1. The minimum Gasteiger partial charge on any atom is -0.326 e. The third-order valence-corrected chi connectivity index (χ3v) is 7.05. The summed E-state index contributed by atoms with van der Waals surface area (Å²) in [6.45, 7) is 5.67. The summed E-state index contributed by atoms with van der Waals surface area (Å²) in [5, 5.41) is 12.0. The number of amides is 1. The van der Waals surface area contributed by atoms with E-state index in [-0.39, 0.29) is 5.91 Å². The number of nitrogens with one attached hydrogen (secondary N) is 1. The normalized spacial score (nSPS) is 14.6. The number of hydrogen-bond donors (Lipinski definition) is 1. The Bertz CT molecular complexity index is 1390. The number of aryl methyl sites for hydroxylation is 1. The maximum absolute atomic E-state index is 11.4. The van der Waals surface area contributed by atoms with Gasteiger partial charge >= 0.3 is 0 Å². The van der Waals surface area contributed by atoms with Gasteiger partial charge in [0.05, 0.1) is 22.7 Å². The number of rotatable bonds is 7. The number of nitrogens with zero attached hydrogens (tertiary/aromatic N) is 4. The molecule has 1 aliphatic rings. The van der Waals surface area contributed by atoms with Gasteiger partial charge in [-0.2, -0.15) is 5.26 Å². The molecule has 2 heterocycles. The molecule has 1 amide bonds. The van der Waals surface area contributed by atoms with E-state index in [1.54, 1.807) is 6.92 Å². The molecule has 1 N–H and O–H groups in total. The van der Waals surface area contributed by atoms with Crippen molar-refractivity contribution in [3.8, 4) is 17.5 Å². The lowest BCUT2D eigenvalue weighted by molar-refractivity contribution is -0.114. The van der Waals surface area contributed by atoms with Gasteiger partial charge in [-0.15, -0.1) is 0 Å². The Kier molecular flexibility index (Phi) is 7.11. The fourth-order valence-electron chi connectivity index (χ4n) is 5.23. The fraction of sp³-hybridized carbons (Fsp3) is 0.300. The van der Waals surface area contributed by atoms with Gasteiger partial charge in [0.1, 0.15) is 5.82 Å². The number of aromatic nitrogens is 2. The van der Waals surface area contributed by atoms with Crippen LogP contribution in [0.3, 0.4) is 0 Å². The number of para-hydroxylation sites is 2. The van der Waals surface area contributed by atoms with Crippen LogP contribution in [0.2, 0.25) is 0 Å². The monoisotopic (exact) mass is 477 g/mol. The summed E-state index contributed by atoms with van der Waals surface area (Å²) in [7, 11) is 0. The van der Waals surface area contributed by atoms with Crippen LogP contribution in [0, 0.1) is 11.3 Å². The van der Waals surface area contributed by atoms with E-state index in [1.165, 1.54) is 5.56 Å². The topological polar surface area (TPSA) is 74.0 Å². The molecule has 0 unspecified atom stereocenters. The number of piperidine rings is 1. The fourth-order valence-corrected chi connectivity index (χ4v) is 5.23. The van der Waals surface area contributed by atoms with Gasteiger partial charge in [0.15, 0.2) is 0 Å². The minimum atomic E-state index is -0.0324. The van der Waals surface area contributed by atoms with E-state index in [0.717, 1.165) is 73.6 Å². The molecule has 3 aromatic carbocycles. The second-order valence-corrected chi connectivity index (χ2v) is 9.54. The summed E-state index contributed by atoms with van der Waals surface area (Å²) in [6.07, 6.45) is 3.31. The highest BCUT2D eigenvalue weighted by molar-refractivity contribution is 5.88. The molecule has 6 heteroatoms. The Hall–Kier alpha value is -3.95. The Labute approximate surface area is 212 Å². The van der Waals surface area contributed by atoms with Crippen molar-refractivity contribution in [2.75, 3.05) is 25.0 Å². The Morgan fingerprint density at radius 2 is 1.81 bits per heavy atom. The number of nitriles is 1. The van der Waals surface area contributed by atoms with Crippen molar-refractivity contribution in [3.63, 3.8) is 0 Å². The molecule has 0 radical (unpaired) electrons. The zero-order chi connectivity index (χ0) is 24.9. The third-order valence-electron chi connectivity index (χ3n) is 7.05. The average Bonchev–Trinajstić information content (AvgIpc) is 3.27. The van der Waals surface area contributed by atoms with Crippen LogP contribution in [-0.4, -0.2) is 40.0 Å². The van der Waals surface area contributed by atoms with E-state index < -0.39 is 0 Å². The van der Waals surface area contributed by atoms with Crippen LogP contribution in [0.4, 0.5) is 5.69 Å². The molecule has 182 valence electrons. The maximum Gasteiger partial charge on any atom is 0.221 e. The van der Waals surface area contributed by atoms with E-state index in [2.05, 4.69) is 51.2 Å². The summed E-state index contributed by atoms with van der Waals surface area (Å²) in [6, 6.07) is 26.5. The first kappa shape index (κ1) is 23.8. The first-order valence-corrected chi connectivity index (χ1v) is 12.7. The lowest BCUT2D eigenvalue weighted by Crippen LogP contribution is -2.34. The van der Waals surface area contributed by atoms with E-state index in [0.29, 0.717) is 11.5 Å². The van der Waals surface area contributed by atoms with Crippen molar-refractivity contribution in [2.24, 2.45) is 0 Å². The maximum atomic E-state index is 11.4. The molecule has 1 aromatic heterocycles. The largest absolute Gasteiger partial charge is 0.326 e. The first-order chi connectivity index (χ1) is 17.6. The number of benzene rings is 3. The summed E-state index contributed by atoms with van der Waals surface area (Å²) in [4.78, 5) is 18.9. The quantitative estimate of drug-likeness (QED) is 0.365. The van der Waals surface area contributed by atoms with Gasteiger partial charge in [-0.25, -0.2) is 4.98 Å². The van der Waals surface area contributed by atoms with Crippen LogP contribution in [-0.2, 0) is 11.3 Å². The summed E-state index contributed by atoms with van der Waals surface area (Å²) >= 11 is 0. The molecular formula is C30H31N5O. The van der Waals surface area contributed by atoms with Crippen molar-refractivity contribution in [3.05, 3.63) is 83.9 Å². The highest BCUT2D eigenvalue weighted by Crippen LogP contribution is 2.30. The molecular weight excluding hydrogens is 446 g/mol. The van der Waals surface area contributed by atoms with Crippen molar-refractivity contribution >= 4 is 22.6 Å². The Balaban J connectivity index is 1.21. The molecule has 5 rings (SSSR count). The summed E-state index contributed by atoms with van der Waals surface area (Å²) in [5.41, 5.74) is 6.04. The molecule has 0 saturated carbocycles. The molecule has 1 aliphatic heterocycles. The second kappa shape index (κ2) is 10.8. The first-order valence-electron chi connectivity index (χ1n) is 12.7. The van der Waals surface area contributed by atoms with Gasteiger partial charge in [-0.05, 0) is 98.9 Å². The highest BCUT2D eigenvalue weighted by Gasteiger charge is 2.21. The van der Waals surface area contributed by atoms with Crippen molar-refractivity contribution < 1.29 is 4.79 Å². The van der Waals surface area contributed by atoms with Crippen LogP contribution < -0.4 is 5.32 Å². The number of carbonyl (C=O) groups is 1. The molecule has 36 heavy (non-hydrogen) atoms. The molecule has 1 fully saturated rings. The smallest absolute Gasteiger partial charge is 0.221 e. The Morgan fingerprint density at radius 1 is 1.03 bits per heavy atom. The van der Waals surface area contributed by atoms with E-state index in [4.69, 9.17) is 10.2 Å². The van der Waals surface area contributed by atoms with Gasteiger partial charge in [-0.1, -0.05) is 24.3 Å². The lowest BCUT2D eigenvalue weighted by atomic mass is 9.89. The average molecular weight is 478 g/mol. The molecule has 6 nitrogen and oxygen atoms in total. The molecule has 0 atom stereocenters. The minimum absolute atomic E-state index is 0.0324. The zero-order valence-corrected chi connectivity index (χ0v) is 20.7. The molecule has 0 spiro atoms. The zero-order valence-electron chi connectivity index (χ0n) is 20.7. The predicted molar refractivity (Wildman–Crippen MR) is 144 cm³/mol. The molecule has 0 aliphatic carbocycles. The lowest BCUT2D eigenvalue weighted by Gasteiger charge is -2.32. The number of anilines is 1. The van der Waals surface area contributed by atoms with Gasteiger partial charge in [0, 0.05) is 24.7 Å². The highest BCUT2D eigenvalue weighted by atomic mass is 16.1. The standard InChI is InChI=1S/C30H31N5O/c1-22(36)32-27-7-4-6-26(20-27)24-14-18-34(19-15-24)16-5-17-35-29-9-3-2-8-28(29)33-30(35)25-12-10-23(21-31)11-13-25/h2-4,6-13,20,24H,5,14-19H2,1H3,(H,32,36). The number of hydrogen-bond acceptors (Lipinski definition) is 4. The van der Waals surface area contributed by atoms with Crippen LogP contribution in [0.5, 0.6) is 0 Å². The number of carbonyl (C=O) groups excluding carboxylic acids is 1. The van der Waals surface area contributed by atoms with Crippen molar-refractivity contribution in [1.82, 2.24) is 14.5 Å². The van der Waals surface area contributed by atoms with Crippen LogP contribution in [0.25, 0.3) is 22.4 Å². The van der Waals surface area contributed by atoms with Crippen LogP contribution in [0.1, 0.15) is 43.2 Å². The van der Waals surface area contributed by atoms with Gasteiger partial charge in [-0.3, -0.25) is 4.79 Å². The van der Waals surface area contributed by atoms with E-state index in [9.17, 15) is 4.79 Å². The van der Waals surface area contributed by atoms with Gasteiger partial charge in [0.25, 0.3) is 0 Å². The van der Waals surface area contributed by atoms with Crippen LogP contribution >= 0.6 is 0 Å². The predicted octanol–water partition coefficient (Wildman–Crippen LogP) is 5.80. The Morgan fingerprint density at radius 3 is 2.56 bits per heavy atom. The van der Waals surface area contributed by atoms with Crippen molar-refractivity contribution in [2.45, 2.75) is 38.6 Å². The molecule has 1 saturated heterocycles. The number of likely N-dealkylation sites (tertiary alicyclic amines) is 1. The third kappa shape index (κ3) is 5.32.